The number of benzene rings is 2. The van der Waals surface area contributed by atoms with Gasteiger partial charge in [-0.25, -0.2) is 0 Å². The Balaban J connectivity index is 2.18. The van der Waals surface area contributed by atoms with Crippen LogP contribution in [0.25, 0.3) is 0 Å². The van der Waals surface area contributed by atoms with Gasteiger partial charge in [0.25, 0.3) is 0 Å². The molecule has 0 saturated carbocycles. The summed E-state index contributed by atoms with van der Waals surface area (Å²) in [7, 11) is 0. The zero-order valence-electron chi connectivity index (χ0n) is 14.7. The summed E-state index contributed by atoms with van der Waals surface area (Å²) in [5, 5.41) is 12.8. The van der Waals surface area contributed by atoms with E-state index >= 15 is 0 Å². The maximum Gasteiger partial charge on any atom is 0.166 e. The fourth-order valence-corrected chi connectivity index (χ4v) is 2.25. The van der Waals surface area contributed by atoms with Crippen LogP contribution in [0, 0.1) is 0 Å². The molecule has 0 amide bonds. The molecule has 0 unspecified atom stereocenters. The summed E-state index contributed by atoms with van der Waals surface area (Å²) in [4.78, 5) is 0. The summed E-state index contributed by atoms with van der Waals surface area (Å²) >= 11 is 0. The second kappa shape index (κ2) is 8.71. The van der Waals surface area contributed by atoms with Crippen LogP contribution in [0.15, 0.2) is 48.5 Å². The van der Waals surface area contributed by atoms with E-state index in [1.165, 1.54) is 0 Å². The van der Waals surface area contributed by atoms with Crippen LogP contribution in [0.3, 0.4) is 0 Å². The Morgan fingerprint density at radius 2 is 1.75 bits per heavy atom. The Bertz CT molecular complexity index is 626. The predicted octanol–water partition coefficient (Wildman–Crippen LogP) is 3.52. The van der Waals surface area contributed by atoms with E-state index in [0.717, 1.165) is 22.6 Å². The summed E-state index contributed by atoms with van der Waals surface area (Å²) in [5.74, 6) is 1.50. The molecule has 0 heterocycles. The highest BCUT2D eigenvalue weighted by Gasteiger charge is 2.18. The van der Waals surface area contributed by atoms with Gasteiger partial charge >= 0.3 is 0 Å². The van der Waals surface area contributed by atoms with E-state index in [4.69, 9.17) is 9.47 Å². The molecule has 2 N–H and O–H groups in total. The van der Waals surface area contributed by atoms with Crippen LogP contribution in [-0.2, 0) is 13.2 Å². The summed E-state index contributed by atoms with van der Waals surface area (Å²) in [6.07, 6.45) is 0. The van der Waals surface area contributed by atoms with E-state index in [1.54, 1.807) is 0 Å². The molecule has 0 fully saturated rings. The summed E-state index contributed by atoms with van der Waals surface area (Å²) in [5.41, 5.74) is 1.77. The van der Waals surface area contributed by atoms with Crippen molar-refractivity contribution in [1.29, 1.82) is 0 Å². The van der Waals surface area contributed by atoms with Crippen LogP contribution in [-0.4, -0.2) is 23.9 Å². The molecule has 0 aliphatic heterocycles. The van der Waals surface area contributed by atoms with Gasteiger partial charge in [-0.2, -0.15) is 0 Å². The molecule has 4 nitrogen and oxygen atoms in total. The number of nitrogens with one attached hydrogen (secondary N) is 1. The fraction of sp³-hybridized carbons (Fsp3) is 0.400. The van der Waals surface area contributed by atoms with Gasteiger partial charge in [0.05, 0.1) is 13.2 Å². The third-order valence-electron chi connectivity index (χ3n) is 3.74. The zero-order valence-corrected chi connectivity index (χ0v) is 14.7. The quantitative estimate of drug-likeness (QED) is 0.739. The summed E-state index contributed by atoms with van der Waals surface area (Å²) in [6.45, 7) is 7.62. The minimum absolute atomic E-state index is 0.0678. The van der Waals surface area contributed by atoms with E-state index < -0.39 is 0 Å². The first-order chi connectivity index (χ1) is 11.6. The lowest BCUT2D eigenvalue weighted by atomic mass is 10.1. The van der Waals surface area contributed by atoms with Gasteiger partial charge < -0.3 is 19.9 Å². The zero-order chi connectivity index (χ0) is 17.4. The van der Waals surface area contributed by atoms with Gasteiger partial charge in [0.1, 0.15) is 6.61 Å². The number of ether oxygens (including phenoxy) is 2. The highest BCUT2D eigenvalue weighted by molar-refractivity contribution is 5.47. The molecule has 0 bridgehead atoms. The van der Waals surface area contributed by atoms with E-state index in [-0.39, 0.29) is 12.1 Å². The first kappa shape index (κ1) is 18.3. The van der Waals surface area contributed by atoms with Crippen LogP contribution in [0.1, 0.15) is 31.9 Å². The maximum atomic E-state index is 9.41. The molecule has 0 atom stereocenters. The number of rotatable bonds is 9. The van der Waals surface area contributed by atoms with Gasteiger partial charge in [-0.05, 0) is 32.4 Å². The number of hydrogen-bond acceptors (Lipinski definition) is 4. The van der Waals surface area contributed by atoms with E-state index in [9.17, 15) is 5.11 Å². The Kier molecular flexibility index (Phi) is 6.64. The smallest absolute Gasteiger partial charge is 0.166 e. The topological polar surface area (TPSA) is 50.7 Å². The fourth-order valence-electron chi connectivity index (χ4n) is 2.25. The molecule has 130 valence electrons. The number of aliphatic hydroxyl groups excluding tert-OH is 1. The Morgan fingerprint density at radius 3 is 2.42 bits per heavy atom. The van der Waals surface area contributed by atoms with Gasteiger partial charge in [0.15, 0.2) is 11.5 Å². The van der Waals surface area contributed by atoms with Crippen LogP contribution in [0.5, 0.6) is 11.5 Å². The van der Waals surface area contributed by atoms with Crippen molar-refractivity contribution >= 4 is 0 Å². The van der Waals surface area contributed by atoms with Gasteiger partial charge in [-0.3, -0.25) is 0 Å². The lowest BCUT2D eigenvalue weighted by molar-refractivity contribution is 0.186. The Hall–Kier alpha value is -2.04. The molecule has 0 spiro atoms. The first-order valence-electron chi connectivity index (χ1n) is 8.33. The number of hydrogen-bond donors (Lipinski definition) is 2. The van der Waals surface area contributed by atoms with Crippen molar-refractivity contribution < 1.29 is 14.6 Å². The second-order valence-corrected chi connectivity index (χ2v) is 6.35. The van der Waals surface area contributed by atoms with Crippen LogP contribution in [0.2, 0.25) is 0 Å². The predicted molar refractivity (Wildman–Crippen MR) is 96.4 cm³/mol. The van der Waals surface area contributed by atoms with Gasteiger partial charge in [0, 0.05) is 17.6 Å². The molecule has 0 aliphatic carbocycles. The van der Waals surface area contributed by atoms with Gasteiger partial charge in [-0.1, -0.05) is 42.5 Å². The van der Waals surface area contributed by atoms with Crippen molar-refractivity contribution in [1.82, 2.24) is 5.32 Å². The summed E-state index contributed by atoms with van der Waals surface area (Å²) in [6, 6.07) is 16.0. The molecular weight excluding hydrogens is 302 g/mol. The third kappa shape index (κ3) is 5.25. The van der Waals surface area contributed by atoms with Gasteiger partial charge in [-0.15, -0.1) is 0 Å². The van der Waals surface area contributed by atoms with E-state index in [1.807, 2.05) is 69.3 Å². The van der Waals surface area contributed by atoms with Crippen LogP contribution in [0.4, 0.5) is 0 Å². The average Bonchev–Trinajstić information content (AvgIpc) is 2.60. The van der Waals surface area contributed by atoms with Crippen molar-refractivity contribution in [3.8, 4) is 11.5 Å². The molecule has 2 rings (SSSR count). The normalized spacial score (nSPS) is 11.3. The van der Waals surface area contributed by atoms with Crippen molar-refractivity contribution in [3.63, 3.8) is 0 Å². The minimum Gasteiger partial charge on any atom is -0.490 e. The molecular formula is C20H27NO3. The SMILES string of the molecule is CCOc1cccc(CNC(C)(C)CO)c1OCc1ccccc1. The van der Waals surface area contributed by atoms with Crippen molar-refractivity contribution in [2.24, 2.45) is 0 Å². The highest BCUT2D eigenvalue weighted by Crippen LogP contribution is 2.32. The second-order valence-electron chi connectivity index (χ2n) is 6.35. The molecule has 24 heavy (non-hydrogen) atoms. The first-order valence-corrected chi connectivity index (χ1v) is 8.33. The molecule has 0 radical (unpaired) electrons. The highest BCUT2D eigenvalue weighted by atomic mass is 16.5. The minimum atomic E-state index is -0.349. The monoisotopic (exact) mass is 329 g/mol. The molecule has 4 heteroatoms. The van der Waals surface area contributed by atoms with E-state index in [0.29, 0.717) is 19.8 Å². The van der Waals surface area contributed by atoms with E-state index in [2.05, 4.69) is 5.32 Å². The standard InChI is InChI=1S/C20H27NO3/c1-4-23-18-12-8-11-17(13-21-20(2,3)15-22)19(18)24-14-16-9-6-5-7-10-16/h5-12,21-22H,4,13-15H2,1-3H3. The maximum absolute atomic E-state index is 9.41. The van der Waals surface area contributed by atoms with Crippen molar-refractivity contribution in [2.75, 3.05) is 13.2 Å². The lowest BCUT2D eigenvalue weighted by Crippen LogP contribution is -2.42. The van der Waals surface area contributed by atoms with Gasteiger partial charge in [0.2, 0.25) is 0 Å². The van der Waals surface area contributed by atoms with Crippen molar-refractivity contribution in [3.05, 3.63) is 59.7 Å². The molecule has 2 aromatic rings. The largest absolute Gasteiger partial charge is 0.490 e. The third-order valence-corrected chi connectivity index (χ3v) is 3.74. The summed E-state index contributed by atoms with van der Waals surface area (Å²) < 4.78 is 11.8. The molecule has 0 aliphatic rings. The Labute approximate surface area is 144 Å². The number of para-hydroxylation sites is 1. The lowest BCUT2D eigenvalue weighted by Gasteiger charge is -2.25. The molecule has 0 saturated heterocycles. The average molecular weight is 329 g/mol. The van der Waals surface area contributed by atoms with Crippen LogP contribution >= 0.6 is 0 Å². The molecule has 0 aromatic heterocycles. The van der Waals surface area contributed by atoms with Crippen LogP contribution < -0.4 is 14.8 Å². The number of aliphatic hydroxyl groups is 1. The molecule has 2 aromatic carbocycles. The van der Waals surface area contributed by atoms with Crippen molar-refractivity contribution in [2.45, 2.75) is 39.5 Å². The Morgan fingerprint density at radius 1 is 1.00 bits per heavy atom.